The average molecular weight is 715 g/mol. The Morgan fingerprint density at radius 1 is 1.06 bits per heavy atom. The molecular formula is C32H45F3N6O5S2. The fourth-order valence-electron chi connectivity index (χ4n) is 7.48. The second-order valence-corrected chi connectivity index (χ2v) is 16.6. The van der Waals surface area contributed by atoms with Crippen LogP contribution in [0.25, 0.3) is 11.3 Å². The van der Waals surface area contributed by atoms with E-state index in [-0.39, 0.29) is 42.9 Å². The van der Waals surface area contributed by atoms with E-state index in [1.54, 1.807) is 9.58 Å². The molecule has 3 saturated heterocycles. The highest BCUT2D eigenvalue weighted by Gasteiger charge is 2.37. The summed E-state index contributed by atoms with van der Waals surface area (Å²) in [5.74, 6) is 0.497. The third-order valence-electron chi connectivity index (χ3n) is 9.98. The van der Waals surface area contributed by atoms with Gasteiger partial charge in [-0.25, -0.2) is 8.42 Å². The summed E-state index contributed by atoms with van der Waals surface area (Å²) in [5, 5.41) is 25.9. The van der Waals surface area contributed by atoms with Crippen molar-refractivity contribution in [2.45, 2.75) is 80.9 Å². The Kier molecular flexibility index (Phi) is 10.8. The van der Waals surface area contributed by atoms with Gasteiger partial charge in [0.05, 0.1) is 42.7 Å². The number of nitrogens with zero attached hydrogens (tertiary/aromatic N) is 6. The second kappa shape index (κ2) is 14.6. The lowest BCUT2D eigenvalue weighted by Crippen LogP contribution is -2.47. The van der Waals surface area contributed by atoms with Crippen LogP contribution in [-0.2, 0) is 40.5 Å². The zero-order valence-electron chi connectivity index (χ0n) is 27.2. The van der Waals surface area contributed by atoms with Gasteiger partial charge in [-0.15, -0.1) is 11.8 Å². The van der Waals surface area contributed by atoms with Crippen molar-refractivity contribution in [2.75, 3.05) is 64.4 Å². The number of benzene rings is 1. The van der Waals surface area contributed by atoms with Gasteiger partial charge in [-0.05, 0) is 50.9 Å². The summed E-state index contributed by atoms with van der Waals surface area (Å²) in [6.07, 6.45) is -0.554. The summed E-state index contributed by atoms with van der Waals surface area (Å²) in [5.41, 5.74) is 1.63. The molecule has 11 nitrogen and oxygen atoms in total. The zero-order chi connectivity index (χ0) is 34.2. The van der Waals surface area contributed by atoms with Gasteiger partial charge in [-0.2, -0.15) is 22.6 Å². The molecule has 0 bridgehead atoms. The number of β-amino-alcohol motifs (C(OH)–C–C–N with tert-alkyl or cyclic N) is 2. The molecule has 0 spiro atoms. The van der Waals surface area contributed by atoms with Gasteiger partial charge < -0.3 is 24.9 Å². The highest BCUT2D eigenvalue weighted by atomic mass is 32.2. The lowest BCUT2D eigenvalue weighted by Gasteiger charge is -2.37. The number of sulfonamides is 1. The number of aliphatic hydroxyl groups is 2. The maximum absolute atomic E-state index is 14.1. The number of carbonyl (C=O) groups excluding carboxylic acids is 1. The van der Waals surface area contributed by atoms with Gasteiger partial charge in [-0.3, -0.25) is 9.48 Å². The van der Waals surface area contributed by atoms with E-state index in [2.05, 4.69) is 9.80 Å². The molecule has 4 aliphatic rings. The van der Waals surface area contributed by atoms with E-state index in [9.17, 15) is 36.6 Å². The lowest BCUT2D eigenvalue weighted by atomic mass is 10.0. The number of amides is 1. The zero-order valence-corrected chi connectivity index (χ0v) is 28.9. The number of piperidine rings is 1. The number of rotatable bonds is 11. The van der Waals surface area contributed by atoms with Crippen LogP contribution in [0.1, 0.15) is 48.9 Å². The Labute approximate surface area is 284 Å². The summed E-state index contributed by atoms with van der Waals surface area (Å²) in [7, 11) is -3.53. The number of halogens is 3. The number of likely N-dealkylation sites (tertiary alicyclic amines) is 3. The number of aromatic nitrogens is 2. The fraction of sp³-hybridized carbons (Fsp3) is 0.688. The molecule has 266 valence electrons. The predicted octanol–water partition coefficient (Wildman–Crippen LogP) is 2.49. The van der Waals surface area contributed by atoms with Crippen LogP contribution in [0.4, 0.5) is 13.2 Å². The molecule has 2 atom stereocenters. The number of hydrogen-bond acceptors (Lipinski definition) is 9. The van der Waals surface area contributed by atoms with Crippen LogP contribution in [0, 0.1) is 0 Å². The van der Waals surface area contributed by atoms with Crippen molar-refractivity contribution >= 4 is 27.7 Å². The van der Waals surface area contributed by atoms with Crippen LogP contribution in [0.2, 0.25) is 0 Å². The Morgan fingerprint density at radius 3 is 2.44 bits per heavy atom. The van der Waals surface area contributed by atoms with Gasteiger partial charge in [-0.1, -0.05) is 6.07 Å². The Balaban J connectivity index is 1.20. The SMILES string of the molecule is CS(=O)(=O)N1CCc2c(c(-c3ccc(C(F)(F)F)c(SCCN4CCCC4)c3)nn2CC(O)CN2CCC(N3CC(O)CC3=O)CC2)C1. The minimum atomic E-state index is -4.52. The molecule has 5 heterocycles. The van der Waals surface area contributed by atoms with E-state index >= 15 is 0 Å². The Bertz CT molecular complexity index is 1570. The van der Waals surface area contributed by atoms with Crippen molar-refractivity contribution in [1.82, 2.24) is 28.8 Å². The molecule has 1 aromatic carbocycles. The molecule has 0 aliphatic carbocycles. The fourth-order valence-corrected chi connectivity index (χ4v) is 9.39. The number of thioether (sulfide) groups is 1. The first-order valence-electron chi connectivity index (χ1n) is 16.7. The van der Waals surface area contributed by atoms with E-state index in [4.69, 9.17) is 5.10 Å². The maximum Gasteiger partial charge on any atom is 0.417 e. The number of carbonyl (C=O) groups is 1. The summed E-state index contributed by atoms with van der Waals surface area (Å²) in [6, 6.07) is 4.10. The van der Waals surface area contributed by atoms with Gasteiger partial charge in [0.25, 0.3) is 0 Å². The molecule has 6 rings (SSSR count). The molecule has 0 saturated carbocycles. The quantitative estimate of drug-likeness (QED) is 0.339. The van der Waals surface area contributed by atoms with Crippen LogP contribution in [0.3, 0.4) is 0 Å². The van der Waals surface area contributed by atoms with Gasteiger partial charge in [0.1, 0.15) is 0 Å². The van der Waals surface area contributed by atoms with Gasteiger partial charge >= 0.3 is 6.18 Å². The van der Waals surface area contributed by atoms with Crippen LogP contribution in [0.5, 0.6) is 0 Å². The molecule has 0 radical (unpaired) electrons. The lowest BCUT2D eigenvalue weighted by molar-refractivity contribution is -0.139. The number of hydrogen-bond donors (Lipinski definition) is 2. The van der Waals surface area contributed by atoms with E-state index in [1.807, 2.05) is 0 Å². The first-order chi connectivity index (χ1) is 22.8. The number of alkyl halides is 3. The van der Waals surface area contributed by atoms with Gasteiger partial charge in [0.15, 0.2) is 0 Å². The van der Waals surface area contributed by atoms with Crippen molar-refractivity contribution in [1.29, 1.82) is 0 Å². The number of fused-ring (bicyclic) bond motifs is 1. The van der Waals surface area contributed by atoms with Crippen molar-refractivity contribution < 1.29 is 36.6 Å². The molecule has 2 N–H and O–H groups in total. The smallest absolute Gasteiger partial charge is 0.391 e. The summed E-state index contributed by atoms with van der Waals surface area (Å²) >= 11 is 1.17. The van der Waals surface area contributed by atoms with Crippen molar-refractivity contribution in [3.63, 3.8) is 0 Å². The summed E-state index contributed by atoms with van der Waals surface area (Å²) < 4.78 is 70.3. The third kappa shape index (κ3) is 8.22. The minimum absolute atomic E-state index is 0.0180. The second-order valence-electron chi connectivity index (χ2n) is 13.5. The molecule has 2 unspecified atom stereocenters. The molecule has 1 amide bonds. The van der Waals surface area contributed by atoms with Crippen LogP contribution >= 0.6 is 11.8 Å². The van der Waals surface area contributed by atoms with Gasteiger partial charge in [0, 0.05) is 85.7 Å². The normalized spacial score (nSPS) is 22.9. The van der Waals surface area contributed by atoms with E-state index < -0.39 is 34.0 Å². The molecule has 2 aromatic rings. The van der Waals surface area contributed by atoms with E-state index in [0.717, 1.165) is 56.8 Å². The monoisotopic (exact) mass is 714 g/mol. The average Bonchev–Trinajstić information content (AvgIpc) is 3.75. The van der Waals surface area contributed by atoms with E-state index in [1.165, 1.54) is 28.2 Å². The van der Waals surface area contributed by atoms with Crippen molar-refractivity contribution in [3.8, 4) is 11.3 Å². The van der Waals surface area contributed by atoms with Crippen molar-refractivity contribution in [2.24, 2.45) is 0 Å². The first-order valence-corrected chi connectivity index (χ1v) is 19.6. The Hall–Kier alpha value is -2.21. The van der Waals surface area contributed by atoms with Crippen LogP contribution < -0.4 is 0 Å². The van der Waals surface area contributed by atoms with Crippen LogP contribution in [0.15, 0.2) is 23.1 Å². The van der Waals surface area contributed by atoms with Crippen LogP contribution in [-0.4, -0.2) is 136 Å². The molecule has 4 aliphatic heterocycles. The van der Waals surface area contributed by atoms with E-state index in [0.29, 0.717) is 61.7 Å². The molecular weight excluding hydrogens is 670 g/mol. The standard InChI is InChI=1S/C32H45F3N6O5S2/c1-48(45,46)39-13-8-28-26(21-39)31(22-4-5-27(32(33,34)35)29(16-22)47-15-14-37-9-2-3-10-37)36-41(28)20-25(43)18-38-11-6-23(7-12-38)40-19-24(42)17-30(40)44/h4-5,16,23-25,42-43H,2-3,6-15,17-21H2,1H3. The first kappa shape index (κ1) is 35.6. The molecule has 48 heavy (non-hydrogen) atoms. The van der Waals surface area contributed by atoms with Gasteiger partial charge in [0.2, 0.25) is 15.9 Å². The third-order valence-corrected chi connectivity index (χ3v) is 12.3. The Morgan fingerprint density at radius 2 is 1.79 bits per heavy atom. The highest BCUT2D eigenvalue weighted by molar-refractivity contribution is 7.99. The topological polar surface area (TPSA) is 122 Å². The summed E-state index contributed by atoms with van der Waals surface area (Å²) in [4.78, 5) is 18.5. The minimum Gasteiger partial charge on any atom is -0.391 e. The molecule has 16 heteroatoms. The largest absolute Gasteiger partial charge is 0.417 e. The highest BCUT2D eigenvalue weighted by Crippen LogP contribution is 2.40. The predicted molar refractivity (Wildman–Crippen MR) is 176 cm³/mol. The number of aliphatic hydroxyl groups excluding tert-OH is 2. The molecule has 3 fully saturated rings. The molecule has 1 aromatic heterocycles. The van der Waals surface area contributed by atoms with Crippen molar-refractivity contribution in [3.05, 3.63) is 35.0 Å². The maximum atomic E-state index is 14.1. The summed E-state index contributed by atoms with van der Waals surface area (Å²) in [6.45, 7) is 5.20.